The van der Waals surface area contributed by atoms with E-state index < -0.39 is 10.0 Å². The molecule has 3 aromatic rings. The number of fused-ring (bicyclic) bond motifs is 1. The van der Waals surface area contributed by atoms with E-state index in [1.165, 1.54) is 18.2 Å². The number of hydrogen-bond acceptors (Lipinski definition) is 6. The van der Waals surface area contributed by atoms with Gasteiger partial charge in [0, 0.05) is 11.6 Å². The second kappa shape index (κ2) is 8.57. The predicted molar refractivity (Wildman–Crippen MR) is 115 cm³/mol. The maximum atomic E-state index is 12.9. The monoisotopic (exact) mass is 440 g/mol. The van der Waals surface area contributed by atoms with Crippen molar-refractivity contribution in [1.82, 2.24) is 0 Å². The third kappa shape index (κ3) is 4.56. The fraction of sp³-hybridized carbons (Fsp3) is 0.136. The van der Waals surface area contributed by atoms with Crippen LogP contribution in [0.15, 0.2) is 71.6 Å². The van der Waals surface area contributed by atoms with E-state index in [4.69, 9.17) is 14.2 Å². The molecule has 0 spiro atoms. The number of rotatable bonds is 7. The first-order chi connectivity index (χ1) is 15.0. The summed E-state index contributed by atoms with van der Waals surface area (Å²) < 4.78 is 44.5. The van der Waals surface area contributed by atoms with Gasteiger partial charge in [-0.25, -0.2) is 8.42 Å². The van der Waals surface area contributed by atoms with Crippen molar-refractivity contribution < 1.29 is 27.4 Å². The second-order valence-corrected chi connectivity index (χ2v) is 8.27. The summed E-state index contributed by atoms with van der Waals surface area (Å²) in [6, 6.07) is 17.7. The van der Waals surface area contributed by atoms with Gasteiger partial charge in [-0.15, -0.1) is 0 Å². The van der Waals surface area contributed by atoms with Crippen molar-refractivity contribution in [2.24, 2.45) is 0 Å². The van der Waals surface area contributed by atoms with Crippen LogP contribution in [0, 0.1) is 0 Å². The van der Waals surface area contributed by atoms with Gasteiger partial charge < -0.3 is 19.5 Å². The number of anilines is 2. The minimum absolute atomic E-state index is 0.0306. The van der Waals surface area contributed by atoms with E-state index in [0.717, 1.165) is 0 Å². The average molecular weight is 440 g/mol. The zero-order valence-corrected chi connectivity index (χ0v) is 17.4. The Balaban J connectivity index is 1.61. The lowest BCUT2D eigenvalue weighted by Crippen LogP contribution is -2.16. The highest BCUT2D eigenvalue weighted by Gasteiger charge is 2.20. The van der Waals surface area contributed by atoms with Crippen LogP contribution < -0.4 is 24.2 Å². The van der Waals surface area contributed by atoms with Gasteiger partial charge in [-0.05, 0) is 49.4 Å². The second-order valence-electron chi connectivity index (χ2n) is 6.58. The average Bonchev–Trinajstić information content (AvgIpc) is 3.23. The molecule has 160 valence electrons. The topological polar surface area (TPSA) is 103 Å². The smallest absolute Gasteiger partial charge is 0.261 e. The predicted octanol–water partition coefficient (Wildman–Crippen LogP) is 3.87. The molecule has 0 radical (unpaired) electrons. The van der Waals surface area contributed by atoms with Gasteiger partial charge >= 0.3 is 0 Å². The van der Waals surface area contributed by atoms with Crippen molar-refractivity contribution in [1.29, 1.82) is 0 Å². The largest absolute Gasteiger partial charge is 0.492 e. The molecule has 8 nitrogen and oxygen atoms in total. The Labute approximate surface area is 179 Å². The van der Waals surface area contributed by atoms with Crippen LogP contribution in [0.25, 0.3) is 0 Å². The standard InChI is InChI=1S/C22H20N2O6S/c1-2-28-19-11-9-17(13-18(19)23-22(25)15-6-4-3-5-7-15)31(26,27)24-16-8-10-20-21(12-16)30-14-29-20/h3-13,24H,2,14H2,1H3,(H,23,25). The molecular weight excluding hydrogens is 420 g/mol. The number of hydrogen-bond donors (Lipinski definition) is 2. The molecule has 0 atom stereocenters. The van der Waals surface area contributed by atoms with Crippen molar-refractivity contribution in [3.8, 4) is 17.2 Å². The Bertz CT molecular complexity index is 1210. The fourth-order valence-electron chi connectivity index (χ4n) is 3.01. The fourth-order valence-corrected chi connectivity index (χ4v) is 4.09. The lowest BCUT2D eigenvalue weighted by molar-refractivity contribution is 0.102. The Morgan fingerprint density at radius 1 is 1.00 bits per heavy atom. The third-order valence-corrected chi connectivity index (χ3v) is 5.85. The highest BCUT2D eigenvalue weighted by Crippen LogP contribution is 2.35. The summed E-state index contributed by atoms with van der Waals surface area (Å²) in [4.78, 5) is 12.5. The Morgan fingerprint density at radius 2 is 1.77 bits per heavy atom. The molecule has 1 heterocycles. The molecule has 0 unspecified atom stereocenters. The van der Waals surface area contributed by atoms with Crippen LogP contribution in [0.2, 0.25) is 0 Å². The van der Waals surface area contributed by atoms with E-state index in [9.17, 15) is 13.2 Å². The number of carbonyl (C=O) groups is 1. The first kappa shape index (κ1) is 20.5. The maximum absolute atomic E-state index is 12.9. The van der Waals surface area contributed by atoms with Gasteiger partial charge in [-0.1, -0.05) is 18.2 Å². The Morgan fingerprint density at radius 3 is 2.55 bits per heavy atom. The summed E-state index contributed by atoms with van der Waals surface area (Å²) in [5.74, 6) is 1.01. The van der Waals surface area contributed by atoms with Crippen LogP contribution in [0.1, 0.15) is 17.3 Å². The Hall–Kier alpha value is -3.72. The molecule has 1 aliphatic rings. The molecule has 31 heavy (non-hydrogen) atoms. The molecule has 1 amide bonds. The van der Waals surface area contributed by atoms with Crippen LogP contribution >= 0.6 is 0 Å². The van der Waals surface area contributed by atoms with Gasteiger partial charge in [0.25, 0.3) is 15.9 Å². The van der Waals surface area contributed by atoms with Crippen LogP contribution in [0.4, 0.5) is 11.4 Å². The number of nitrogens with one attached hydrogen (secondary N) is 2. The van der Waals surface area contributed by atoms with E-state index in [0.29, 0.717) is 35.1 Å². The van der Waals surface area contributed by atoms with Crippen molar-refractivity contribution in [2.45, 2.75) is 11.8 Å². The third-order valence-electron chi connectivity index (χ3n) is 4.47. The van der Waals surface area contributed by atoms with Gasteiger partial charge in [0.05, 0.1) is 22.9 Å². The molecule has 0 fully saturated rings. The summed E-state index contributed by atoms with van der Waals surface area (Å²) >= 11 is 0. The lowest BCUT2D eigenvalue weighted by Gasteiger charge is -2.14. The van der Waals surface area contributed by atoms with Gasteiger partial charge in [-0.2, -0.15) is 0 Å². The molecular formula is C22H20N2O6S. The molecule has 4 rings (SSSR count). The first-order valence-electron chi connectivity index (χ1n) is 9.52. The minimum Gasteiger partial charge on any atom is -0.492 e. The number of ether oxygens (including phenoxy) is 3. The van der Waals surface area contributed by atoms with E-state index in [1.807, 2.05) is 0 Å². The molecule has 0 bridgehead atoms. The zero-order chi connectivity index (χ0) is 21.8. The van der Waals surface area contributed by atoms with Crippen molar-refractivity contribution >= 4 is 27.3 Å². The first-order valence-corrected chi connectivity index (χ1v) is 11.0. The van der Waals surface area contributed by atoms with E-state index in [2.05, 4.69) is 10.0 Å². The number of amides is 1. The van der Waals surface area contributed by atoms with E-state index in [-0.39, 0.29) is 23.3 Å². The van der Waals surface area contributed by atoms with Gasteiger partial charge in [0.1, 0.15) is 5.75 Å². The minimum atomic E-state index is -3.94. The van der Waals surface area contributed by atoms with Crippen LogP contribution in [0.5, 0.6) is 17.2 Å². The number of carbonyl (C=O) groups excluding carboxylic acids is 1. The molecule has 3 aromatic carbocycles. The van der Waals surface area contributed by atoms with E-state index in [1.54, 1.807) is 55.5 Å². The highest BCUT2D eigenvalue weighted by molar-refractivity contribution is 7.92. The van der Waals surface area contributed by atoms with Gasteiger partial charge in [0.2, 0.25) is 6.79 Å². The molecule has 2 N–H and O–H groups in total. The molecule has 0 saturated carbocycles. The summed E-state index contributed by atoms with van der Waals surface area (Å²) in [5.41, 5.74) is 1.02. The van der Waals surface area contributed by atoms with Crippen molar-refractivity contribution in [3.05, 3.63) is 72.3 Å². The van der Waals surface area contributed by atoms with Crippen molar-refractivity contribution in [3.63, 3.8) is 0 Å². The van der Waals surface area contributed by atoms with Crippen LogP contribution in [-0.2, 0) is 10.0 Å². The van der Waals surface area contributed by atoms with E-state index >= 15 is 0 Å². The summed E-state index contributed by atoms with van der Waals surface area (Å²) in [6.07, 6.45) is 0. The summed E-state index contributed by atoms with van der Waals surface area (Å²) in [6.45, 7) is 2.25. The summed E-state index contributed by atoms with van der Waals surface area (Å²) in [5, 5.41) is 2.73. The molecule has 0 aromatic heterocycles. The zero-order valence-electron chi connectivity index (χ0n) is 16.6. The molecule has 0 saturated heterocycles. The van der Waals surface area contributed by atoms with Gasteiger partial charge in [-0.3, -0.25) is 9.52 Å². The number of benzene rings is 3. The van der Waals surface area contributed by atoms with Crippen LogP contribution in [0.3, 0.4) is 0 Å². The summed E-state index contributed by atoms with van der Waals surface area (Å²) in [7, 11) is -3.94. The van der Waals surface area contributed by atoms with Crippen LogP contribution in [-0.4, -0.2) is 27.7 Å². The highest BCUT2D eigenvalue weighted by atomic mass is 32.2. The lowest BCUT2D eigenvalue weighted by atomic mass is 10.2. The SMILES string of the molecule is CCOc1ccc(S(=O)(=O)Nc2ccc3c(c2)OCO3)cc1NC(=O)c1ccccc1. The number of sulfonamides is 1. The maximum Gasteiger partial charge on any atom is 0.261 e. The molecule has 9 heteroatoms. The molecule has 1 aliphatic heterocycles. The normalized spacial score (nSPS) is 12.3. The van der Waals surface area contributed by atoms with Crippen molar-refractivity contribution in [2.75, 3.05) is 23.4 Å². The Kier molecular flexibility index (Phi) is 5.68. The van der Waals surface area contributed by atoms with Gasteiger partial charge in [0.15, 0.2) is 11.5 Å². The molecule has 0 aliphatic carbocycles. The quantitative estimate of drug-likeness (QED) is 0.578.